The molecule has 5 nitrogen and oxygen atoms in total. The highest BCUT2D eigenvalue weighted by Crippen LogP contribution is 2.13. The number of nitrogens with two attached hydrogens (primary N) is 2. The Hall–Kier alpha value is -1.31. The molecule has 0 amide bonds. The lowest BCUT2D eigenvalue weighted by molar-refractivity contribution is 0.0590. The second-order valence-electron chi connectivity index (χ2n) is 2.62. The van der Waals surface area contributed by atoms with Crippen molar-refractivity contribution in [3.63, 3.8) is 0 Å². The minimum atomic E-state index is -0.361. The Morgan fingerprint density at radius 1 is 1.33 bits per heavy atom. The van der Waals surface area contributed by atoms with Gasteiger partial charge >= 0.3 is 5.97 Å². The van der Waals surface area contributed by atoms with Crippen LogP contribution in [0, 0.1) is 0 Å². The number of esters is 1. The van der Waals surface area contributed by atoms with Crippen molar-refractivity contribution in [2.75, 3.05) is 4.61 Å². The van der Waals surface area contributed by atoms with Crippen LogP contribution in [0.5, 0.6) is 0 Å². The topological polar surface area (TPSA) is 90.7 Å². The Morgan fingerprint density at radius 2 is 1.93 bits per heavy atom. The van der Waals surface area contributed by atoms with E-state index in [1.807, 2.05) is 22.6 Å². The molecule has 4 N–H and O–H groups in total. The van der Waals surface area contributed by atoms with Crippen LogP contribution in [-0.2, 0) is 4.74 Å². The highest BCUT2D eigenvalue weighted by atomic mass is 127. The first-order valence-electron chi connectivity index (χ1n) is 4.06. The molecule has 6 heteroatoms. The summed E-state index contributed by atoms with van der Waals surface area (Å²) in [5.74, 6) is -0.377. The number of alkyl halides is 1. The van der Waals surface area contributed by atoms with Crippen molar-refractivity contribution in [1.82, 2.24) is 0 Å². The van der Waals surface area contributed by atoms with Gasteiger partial charge < -0.3 is 16.2 Å². The lowest BCUT2D eigenvalue weighted by atomic mass is 10.2. The fourth-order valence-electron chi connectivity index (χ4n) is 0.954. The normalized spacial score (nSPS) is 9.40. The molecule has 0 fully saturated rings. The third kappa shape index (κ3) is 3.74. The number of rotatable bonds is 3. The molecule has 0 unspecified atom stereocenters. The van der Waals surface area contributed by atoms with Gasteiger partial charge in [0.25, 0.3) is 0 Å². The minimum absolute atomic E-state index is 0.0161. The molecule has 0 aliphatic carbocycles. The molecule has 1 aromatic carbocycles. The SMILES string of the molecule is NC(N)=Nc1ccc(C(=O)OCI)cc1. The third-order valence-corrected chi connectivity index (χ3v) is 1.86. The summed E-state index contributed by atoms with van der Waals surface area (Å²) in [6.45, 7) is 0. The summed E-state index contributed by atoms with van der Waals surface area (Å²) in [6.07, 6.45) is 0. The van der Waals surface area contributed by atoms with E-state index in [2.05, 4.69) is 4.99 Å². The molecule has 0 aliphatic heterocycles. The third-order valence-electron chi connectivity index (χ3n) is 1.55. The van der Waals surface area contributed by atoms with Crippen LogP contribution in [0.1, 0.15) is 10.4 Å². The number of carbonyl (C=O) groups excluding carboxylic acids is 1. The van der Waals surface area contributed by atoms with E-state index in [1.54, 1.807) is 24.3 Å². The summed E-state index contributed by atoms with van der Waals surface area (Å²) in [5, 5.41) is 0. The van der Waals surface area contributed by atoms with Gasteiger partial charge in [-0.15, -0.1) is 0 Å². The van der Waals surface area contributed by atoms with Gasteiger partial charge in [-0.3, -0.25) is 0 Å². The number of hydrogen-bond donors (Lipinski definition) is 2. The van der Waals surface area contributed by atoms with E-state index in [4.69, 9.17) is 16.2 Å². The van der Waals surface area contributed by atoms with Gasteiger partial charge in [0, 0.05) is 0 Å². The highest BCUT2D eigenvalue weighted by Gasteiger charge is 2.05. The van der Waals surface area contributed by atoms with E-state index in [1.165, 1.54) is 0 Å². The Balaban J connectivity index is 2.81. The van der Waals surface area contributed by atoms with Crippen LogP contribution in [0.15, 0.2) is 29.3 Å². The van der Waals surface area contributed by atoms with Crippen LogP contribution < -0.4 is 11.5 Å². The number of ether oxygens (including phenoxy) is 1. The van der Waals surface area contributed by atoms with Crippen molar-refractivity contribution in [3.8, 4) is 0 Å². The van der Waals surface area contributed by atoms with E-state index >= 15 is 0 Å². The average molecular weight is 319 g/mol. The van der Waals surface area contributed by atoms with E-state index in [-0.39, 0.29) is 11.9 Å². The quantitative estimate of drug-likeness (QED) is 0.287. The summed E-state index contributed by atoms with van der Waals surface area (Å²) >= 11 is 1.95. The molecular formula is C9H10IN3O2. The molecule has 1 rings (SSSR count). The second-order valence-corrected chi connectivity index (χ2v) is 3.25. The number of aliphatic imine (C=N–C) groups is 1. The summed E-state index contributed by atoms with van der Waals surface area (Å²) in [5.41, 5.74) is 11.5. The van der Waals surface area contributed by atoms with Crippen LogP contribution >= 0.6 is 22.6 Å². The minimum Gasteiger partial charge on any atom is -0.451 e. The van der Waals surface area contributed by atoms with E-state index in [9.17, 15) is 4.79 Å². The lowest BCUT2D eigenvalue weighted by Crippen LogP contribution is -2.21. The zero-order chi connectivity index (χ0) is 11.3. The zero-order valence-corrected chi connectivity index (χ0v) is 9.97. The first-order valence-corrected chi connectivity index (χ1v) is 5.59. The molecule has 0 heterocycles. The second kappa shape index (κ2) is 5.54. The van der Waals surface area contributed by atoms with E-state index in [0.29, 0.717) is 15.9 Å². The number of hydrogen-bond acceptors (Lipinski definition) is 3. The maximum absolute atomic E-state index is 11.3. The summed E-state index contributed by atoms with van der Waals surface area (Å²) in [4.78, 5) is 15.1. The van der Waals surface area contributed by atoms with Gasteiger partial charge in [0.05, 0.1) is 11.3 Å². The van der Waals surface area contributed by atoms with Gasteiger partial charge in [-0.2, -0.15) is 0 Å². The maximum Gasteiger partial charge on any atom is 0.338 e. The van der Waals surface area contributed by atoms with E-state index in [0.717, 1.165) is 0 Å². The average Bonchev–Trinajstić information content (AvgIpc) is 2.18. The predicted octanol–water partition coefficient (Wildman–Crippen LogP) is 1.14. The van der Waals surface area contributed by atoms with Crippen molar-refractivity contribution in [2.24, 2.45) is 16.5 Å². The first-order chi connectivity index (χ1) is 7.13. The van der Waals surface area contributed by atoms with E-state index < -0.39 is 0 Å². The Kier molecular flexibility index (Phi) is 4.35. The van der Waals surface area contributed by atoms with Crippen molar-refractivity contribution in [3.05, 3.63) is 29.8 Å². The van der Waals surface area contributed by atoms with Gasteiger partial charge in [-0.05, 0) is 46.9 Å². The molecule has 0 aliphatic rings. The van der Waals surface area contributed by atoms with Gasteiger partial charge in [-0.1, -0.05) is 0 Å². The summed E-state index contributed by atoms with van der Waals surface area (Å²) < 4.78 is 5.14. The van der Waals surface area contributed by atoms with Crippen molar-refractivity contribution >= 4 is 40.2 Å². The molecule has 0 atom stereocenters. The highest BCUT2D eigenvalue weighted by molar-refractivity contribution is 14.1. The van der Waals surface area contributed by atoms with Crippen molar-refractivity contribution in [1.29, 1.82) is 0 Å². The van der Waals surface area contributed by atoms with Crippen LogP contribution in [0.4, 0.5) is 5.69 Å². The van der Waals surface area contributed by atoms with Crippen LogP contribution in [0.3, 0.4) is 0 Å². The first kappa shape index (κ1) is 11.8. The van der Waals surface area contributed by atoms with Crippen LogP contribution in [-0.4, -0.2) is 16.5 Å². The molecule has 0 saturated heterocycles. The number of carbonyl (C=O) groups is 1. The molecule has 0 bridgehead atoms. The Labute approximate surface area is 101 Å². The zero-order valence-electron chi connectivity index (χ0n) is 7.81. The van der Waals surface area contributed by atoms with Crippen LogP contribution in [0.2, 0.25) is 0 Å². The Morgan fingerprint density at radius 3 is 2.40 bits per heavy atom. The molecule has 15 heavy (non-hydrogen) atoms. The number of halogens is 1. The maximum atomic E-state index is 11.3. The van der Waals surface area contributed by atoms with Gasteiger partial charge in [0.15, 0.2) is 5.96 Å². The molecule has 0 radical (unpaired) electrons. The lowest BCUT2D eigenvalue weighted by Gasteiger charge is -2.00. The summed E-state index contributed by atoms with van der Waals surface area (Å²) in [7, 11) is 0. The van der Waals surface area contributed by atoms with Crippen LogP contribution in [0.25, 0.3) is 0 Å². The van der Waals surface area contributed by atoms with Gasteiger partial charge in [0.2, 0.25) is 0 Å². The Bertz CT molecular complexity index is 371. The predicted molar refractivity (Wildman–Crippen MR) is 66.2 cm³/mol. The largest absolute Gasteiger partial charge is 0.451 e. The monoisotopic (exact) mass is 319 g/mol. The van der Waals surface area contributed by atoms with Crippen molar-refractivity contribution < 1.29 is 9.53 Å². The number of guanidine groups is 1. The molecule has 80 valence electrons. The molecule has 0 saturated carbocycles. The summed E-state index contributed by atoms with van der Waals surface area (Å²) in [6, 6.07) is 6.50. The smallest absolute Gasteiger partial charge is 0.338 e. The van der Waals surface area contributed by atoms with Gasteiger partial charge in [0.1, 0.15) is 4.61 Å². The molecule has 0 aromatic heterocycles. The standard InChI is InChI=1S/C9H10IN3O2/c10-5-15-8(14)6-1-3-7(4-2-6)13-9(11)12/h1-4H,5H2,(H4,11,12,13). The fraction of sp³-hybridized carbons (Fsp3) is 0.111. The number of nitrogens with zero attached hydrogens (tertiary/aromatic N) is 1. The fourth-order valence-corrected chi connectivity index (χ4v) is 1.24. The van der Waals surface area contributed by atoms with Gasteiger partial charge in [-0.25, -0.2) is 9.79 Å². The molecule has 1 aromatic rings. The number of benzene rings is 1. The molecule has 0 spiro atoms. The van der Waals surface area contributed by atoms with Crippen molar-refractivity contribution in [2.45, 2.75) is 0 Å². The molecular weight excluding hydrogens is 309 g/mol.